The van der Waals surface area contributed by atoms with Crippen LogP contribution in [0.15, 0.2) is 82.6 Å². The summed E-state index contributed by atoms with van der Waals surface area (Å²) in [5.41, 5.74) is 5.30. The van der Waals surface area contributed by atoms with E-state index >= 15 is 0 Å². The van der Waals surface area contributed by atoms with Crippen molar-refractivity contribution in [2.24, 2.45) is 0 Å². The number of rotatable bonds is 7. The van der Waals surface area contributed by atoms with Crippen molar-refractivity contribution in [3.63, 3.8) is 0 Å². The molecule has 5 aromatic rings. The van der Waals surface area contributed by atoms with Crippen molar-refractivity contribution in [2.75, 3.05) is 17.6 Å². The number of nitrogens with zero attached hydrogens (tertiary/aromatic N) is 3. The average molecular weight is 620 g/mol. The molecule has 222 valence electrons. The first-order valence-electron chi connectivity index (χ1n) is 12.0. The number of pyridine rings is 1. The van der Waals surface area contributed by atoms with Crippen LogP contribution in [-0.2, 0) is 10.0 Å². The summed E-state index contributed by atoms with van der Waals surface area (Å²) in [4.78, 5) is 20.9. The molecule has 10 nitrogen and oxygen atoms in total. The van der Waals surface area contributed by atoms with Crippen LogP contribution in [0.1, 0.15) is 0 Å². The Morgan fingerprint density at radius 2 is 1.72 bits per heavy atom. The first-order valence-corrected chi connectivity index (χ1v) is 13.5. The van der Waals surface area contributed by atoms with E-state index in [1.165, 1.54) is 55.8 Å². The van der Waals surface area contributed by atoms with Gasteiger partial charge in [0.15, 0.2) is 5.75 Å². The molecule has 2 heterocycles. The number of anilines is 2. The fraction of sp³-hybridized carbons (Fsp3) is 0.0741. The van der Waals surface area contributed by atoms with Gasteiger partial charge in [-0.15, -0.1) is 13.2 Å². The zero-order valence-corrected chi connectivity index (χ0v) is 22.5. The molecule has 0 aliphatic rings. The highest BCUT2D eigenvalue weighted by molar-refractivity contribution is 7.92. The molecule has 0 radical (unpaired) electrons. The average Bonchev–Trinajstić information content (AvgIpc) is 2.92. The molecular weight excluding hydrogens is 601 g/mol. The van der Waals surface area contributed by atoms with Gasteiger partial charge in [-0.05, 0) is 48.0 Å². The van der Waals surface area contributed by atoms with E-state index in [0.29, 0.717) is 11.6 Å². The summed E-state index contributed by atoms with van der Waals surface area (Å²) in [6.45, 7) is 0. The molecule has 3 N–H and O–H groups in total. The Morgan fingerprint density at radius 1 is 0.977 bits per heavy atom. The lowest BCUT2D eigenvalue weighted by atomic mass is 10.0. The first kappa shape index (κ1) is 29.2. The number of hydrogen-bond donors (Lipinski definition) is 2. The molecule has 5 rings (SSSR count). The maximum Gasteiger partial charge on any atom is 0.573 e. The van der Waals surface area contributed by atoms with Gasteiger partial charge in [-0.2, -0.15) is 0 Å². The number of benzene rings is 3. The van der Waals surface area contributed by atoms with Crippen molar-refractivity contribution in [2.45, 2.75) is 11.3 Å². The second-order valence-corrected chi connectivity index (χ2v) is 10.5. The molecular formula is C27H18F5N5O5S. The molecule has 0 atom stereocenters. The van der Waals surface area contributed by atoms with Crippen molar-refractivity contribution in [1.29, 1.82) is 0 Å². The minimum atomic E-state index is -5.05. The Morgan fingerprint density at radius 3 is 2.42 bits per heavy atom. The van der Waals surface area contributed by atoms with Crippen LogP contribution < -0.4 is 25.5 Å². The number of fused-ring (bicyclic) bond motifs is 1. The minimum absolute atomic E-state index is 0.0557. The molecule has 0 amide bonds. The molecule has 3 aromatic carbocycles. The van der Waals surface area contributed by atoms with Crippen LogP contribution in [-0.4, -0.2) is 36.4 Å². The lowest BCUT2D eigenvalue weighted by Crippen LogP contribution is -2.25. The number of methoxy groups -OCH3 is 1. The highest BCUT2D eigenvalue weighted by atomic mass is 32.2. The van der Waals surface area contributed by atoms with Gasteiger partial charge in [0.05, 0.1) is 23.7 Å². The normalized spacial score (nSPS) is 11.9. The summed E-state index contributed by atoms with van der Waals surface area (Å²) in [7, 11) is -3.36. The summed E-state index contributed by atoms with van der Waals surface area (Å²) in [5.74, 6) is -3.57. The summed E-state index contributed by atoms with van der Waals surface area (Å²) in [6.07, 6.45) is -3.75. The van der Waals surface area contributed by atoms with Crippen LogP contribution in [0.2, 0.25) is 0 Å². The first-order chi connectivity index (χ1) is 20.3. The molecule has 0 aliphatic heterocycles. The largest absolute Gasteiger partial charge is 0.573 e. The van der Waals surface area contributed by atoms with Gasteiger partial charge in [-0.3, -0.25) is 9.52 Å². The molecule has 0 saturated heterocycles. The van der Waals surface area contributed by atoms with Crippen molar-refractivity contribution in [1.82, 2.24) is 14.5 Å². The lowest BCUT2D eigenvalue weighted by molar-refractivity contribution is -0.274. The number of nitrogens with one attached hydrogen (secondary N) is 1. The van der Waals surface area contributed by atoms with Gasteiger partial charge in [0.25, 0.3) is 15.6 Å². The van der Waals surface area contributed by atoms with Gasteiger partial charge in [0, 0.05) is 17.8 Å². The van der Waals surface area contributed by atoms with E-state index in [4.69, 9.17) is 10.5 Å². The second kappa shape index (κ2) is 10.9. The predicted octanol–water partition coefficient (Wildman–Crippen LogP) is 5.02. The lowest BCUT2D eigenvalue weighted by Gasteiger charge is -2.16. The van der Waals surface area contributed by atoms with Crippen LogP contribution >= 0.6 is 0 Å². The van der Waals surface area contributed by atoms with E-state index < -0.39 is 50.2 Å². The minimum Gasteiger partial charge on any atom is -0.480 e. The number of nitrogen functional groups attached to an aromatic ring is 1. The summed E-state index contributed by atoms with van der Waals surface area (Å²) >= 11 is 0. The van der Waals surface area contributed by atoms with E-state index in [1.54, 1.807) is 0 Å². The van der Waals surface area contributed by atoms with Gasteiger partial charge < -0.3 is 15.2 Å². The van der Waals surface area contributed by atoms with Crippen molar-refractivity contribution in [3.8, 4) is 28.4 Å². The predicted molar refractivity (Wildman–Crippen MR) is 145 cm³/mol. The number of halogens is 5. The van der Waals surface area contributed by atoms with E-state index in [-0.39, 0.29) is 33.7 Å². The molecule has 0 fully saturated rings. The van der Waals surface area contributed by atoms with E-state index in [1.807, 2.05) is 0 Å². The Hall–Kier alpha value is -5.25. The van der Waals surface area contributed by atoms with E-state index in [9.17, 15) is 35.2 Å². The van der Waals surface area contributed by atoms with Gasteiger partial charge in [0.2, 0.25) is 11.8 Å². The molecule has 0 saturated carbocycles. The molecule has 0 aliphatic carbocycles. The molecule has 0 bridgehead atoms. The van der Waals surface area contributed by atoms with Crippen molar-refractivity contribution < 1.29 is 39.8 Å². The van der Waals surface area contributed by atoms with Crippen LogP contribution in [0.4, 0.5) is 33.6 Å². The summed E-state index contributed by atoms with van der Waals surface area (Å²) in [5, 5.41) is -0.0557. The number of hydrogen-bond acceptors (Lipinski definition) is 8. The van der Waals surface area contributed by atoms with E-state index in [0.717, 1.165) is 22.8 Å². The SMILES string of the molecule is COc1ncc(-c2ccc3nc(N)n(-c4ccccc4OC(F)(F)F)c(=O)c3c2)cc1NS(=O)(=O)c1ccc(F)cc1F. The number of alkyl halides is 3. The highest BCUT2D eigenvalue weighted by Gasteiger charge is 2.32. The van der Waals surface area contributed by atoms with Gasteiger partial charge in [-0.25, -0.2) is 31.7 Å². The molecule has 2 aromatic heterocycles. The summed E-state index contributed by atoms with van der Waals surface area (Å²) < 4.78 is 104. The van der Waals surface area contributed by atoms with Crippen LogP contribution in [0.5, 0.6) is 11.6 Å². The molecule has 0 spiro atoms. The quantitative estimate of drug-likeness (QED) is 0.243. The number of sulfonamides is 1. The number of ether oxygens (including phenoxy) is 2. The summed E-state index contributed by atoms with van der Waals surface area (Å²) in [6, 6.07) is 12.4. The van der Waals surface area contributed by atoms with Crippen molar-refractivity contribution >= 4 is 32.6 Å². The third kappa shape index (κ3) is 5.90. The van der Waals surface area contributed by atoms with Crippen LogP contribution in [0.25, 0.3) is 27.7 Å². The van der Waals surface area contributed by atoms with Gasteiger partial charge >= 0.3 is 6.36 Å². The molecule has 16 heteroatoms. The maximum absolute atomic E-state index is 14.2. The van der Waals surface area contributed by atoms with Gasteiger partial charge in [0.1, 0.15) is 22.2 Å². The van der Waals surface area contributed by atoms with Gasteiger partial charge in [-0.1, -0.05) is 18.2 Å². The monoisotopic (exact) mass is 619 g/mol. The Labute approximate surface area is 239 Å². The highest BCUT2D eigenvalue weighted by Crippen LogP contribution is 2.33. The Kier molecular flexibility index (Phi) is 7.39. The smallest absolute Gasteiger partial charge is 0.480 e. The number of aromatic nitrogens is 3. The van der Waals surface area contributed by atoms with Crippen molar-refractivity contribution in [3.05, 3.63) is 94.9 Å². The zero-order valence-electron chi connectivity index (χ0n) is 21.7. The molecule has 43 heavy (non-hydrogen) atoms. The maximum atomic E-state index is 14.2. The Bertz CT molecular complexity index is 2050. The topological polar surface area (TPSA) is 138 Å². The zero-order chi connectivity index (χ0) is 31.1. The van der Waals surface area contributed by atoms with Crippen LogP contribution in [0, 0.1) is 11.6 Å². The Balaban J connectivity index is 1.60. The fourth-order valence-electron chi connectivity index (χ4n) is 4.21. The standard InChI is InChI=1S/C27H18F5N5O5S/c1-41-24-20(36-43(39,40)23-9-7-16(28)12-18(23)29)11-15(13-34-24)14-6-8-19-17(10-14)25(38)37(26(33)35-19)21-4-2-3-5-22(21)42-27(30,31)32/h2-13,36H,1H3,(H2,33,35). The third-order valence-corrected chi connectivity index (χ3v) is 7.43. The van der Waals surface area contributed by atoms with Crippen LogP contribution in [0.3, 0.4) is 0 Å². The second-order valence-electron chi connectivity index (χ2n) is 8.82. The number of nitrogens with two attached hydrogens (primary N) is 1. The fourth-order valence-corrected chi connectivity index (χ4v) is 5.32. The van der Waals surface area contributed by atoms with E-state index in [2.05, 4.69) is 19.4 Å². The third-order valence-electron chi connectivity index (χ3n) is 6.03. The molecule has 0 unspecified atom stereocenters. The number of para-hydroxylation sites is 2.